The summed E-state index contributed by atoms with van der Waals surface area (Å²) in [4.78, 5) is 38.2. The van der Waals surface area contributed by atoms with E-state index in [1.165, 1.54) is 5.56 Å². The number of rotatable bonds is 4. The molecule has 0 aliphatic carbocycles. The minimum Gasteiger partial charge on any atom is -0.478 e. The monoisotopic (exact) mass is 376 g/mol. The molecule has 0 radical (unpaired) electrons. The summed E-state index contributed by atoms with van der Waals surface area (Å²) < 4.78 is 0. The van der Waals surface area contributed by atoms with Gasteiger partial charge in [-0.2, -0.15) is 5.10 Å². The zero-order valence-corrected chi connectivity index (χ0v) is 13.7. The molecule has 1 aromatic carbocycles. The molecule has 5 N–H and O–H groups in total. The van der Waals surface area contributed by atoms with Crippen LogP contribution in [-0.4, -0.2) is 50.5 Å². The van der Waals surface area contributed by atoms with Crippen LogP contribution in [-0.2, 0) is 19.2 Å². The van der Waals surface area contributed by atoms with Crippen LogP contribution < -0.4 is 5.43 Å². The Labute approximate surface area is 153 Å². The number of aliphatic carboxylic acids is 4. The predicted molar refractivity (Wildman–Crippen MR) is 96.4 cm³/mol. The van der Waals surface area contributed by atoms with E-state index in [2.05, 4.69) is 10.5 Å². The number of nitrogens with zero attached hydrogens (tertiary/aromatic N) is 1. The fraction of sp³-hybridized carbons (Fsp3) is 0. The van der Waals surface area contributed by atoms with E-state index in [1.54, 1.807) is 6.21 Å². The van der Waals surface area contributed by atoms with Crippen molar-refractivity contribution in [2.24, 2.45) is 5.10 Å². The third kappa shape index (κ3) is 13.9. The van der Waals surface area contributed by atoms with Crippen LogP contribution in [0.4, 0.5) is 5.69 Å². The standard InChI is InChI=1S/C9H8N2.2C4H4O4/c1-2-6-9-8(4-1)5-3-7-10-11-9;2*5-3(6)1-2-4(7)8/h1-7,11H;2*1-2H,(H,5,6)(H,7,8)/b;2*2-1-. The Balaban J connectivity index is 0.000000387. The van der Waals surface area contributed by atoms with E-state index >= 15 is 0 Å². The highest BCUT2D eigenvalue weighted by Crippen LogP contribution is 2.17. The lowest BCUT2D eigenvalue weighted by Crippen LogP contribution is -1.91. The molecule has 1 aliphatic rings. The van der Waals surface area contributed by atoms with Crippen molar-refractivity contribution in [1.82, 2.24) is 0 Å². The lowest BCUT2D eigenvalue weighted by atomic mass is 10.2. The van der Waals surface area contributed by atoms with Crippen molar-refractivity contribution in [3.8, 4) is 0 Å². The van der Waals surface area contributed by atoms with Gasteiger partial charge in [-0.05, 0) is 17.7 Å². The molecule has 0 atom stereocenters. The Morgan fingerprint density at radius 2 is 1.22 bits per heavy atom. The summed E-state index contributed by atoms with van der Waals surface area (Å²) in [5.74, 6) is -5.03. The highest BCUT2D eigenvalue weighted by molar-refractivity contribution is 5.90. The van der Waals surface area contributed by atoms with Gasteiger partial charge in [-0.1, -0.05) is 24.3 Å². The first-order valence-corrected chi connectivity index (χ1v) is 7.05. The molecule has 1 aromatic rings. The SMILES string of the molecule is C1=Cc2ccccc2NN=C1.O=C(O)/C=C\C(=O)O.O=C(O)/C=C\C(=O)O. The highest BCUT2D eigenvalue weighted by Gasteiger charge is 1.96. The lowest BCUT2D eigenvalue weighted by Gasteiger charge is -2.00. The molecule has 0 fully saturated rings. The van der Waals surface area contributed by atoms with Gasteiger partial charge >= 0.3 is 23.9 Å². The van der Waals surface area contributed by atoms with E-state index < -0.39 is 23.9 Å². The average molecular weight is 376 g/mol. The topological polar surface area (TPSA) is 174 Å². The summed E-state index contributed by atoms with van der Waals surface area (Å²) in [7, 11) is 0. The minimum atomic E-state index is -1.26. The summed E-state index contributed by atoms with van der Waals surface area (Å²) >= 11 is 0. The number of para-hydroxylation sites is 1. The van der Waals surface area contributed by atoms with E-state index in [9.17, 15) is 19.2 Å². The molecule has 142 valence electrons. The van der Waals surface area contributed by atoms with Crippen LogP contribution in [0.3, 0.4) is 0 Å². The van der Waals surface area contributed by atoms with Gasteiger partial charge in [-0.25, -0.2) is 19.2 Å². The second kappa shape index (κ2) is 13.1. The van der Waals surface area contributed by atoms with Crippen LogP contribution in [0.1, 0.15) is 5.56 Å². The van der Waals surface area contributed by atoms with Crippen molar-refractivity contribution < 1.29 is 39.6 Å². The van der Waals surface area contributed by atoms with Crippen LogP contribution in [0.5, 0.6) is 0 Å². The third-order valence-electron chi connectivity index (χ3n) is 2.32. The van der Waals surface area contributed by atoms with E-state index in [1.807, 2.05) is 36.4 Å². The maximum Gasteiger partial charge on any atom is 0.328 e. The molecule has 10 nitrogen and oxygen atoms in total. The van der Waals surface area contributed by atoms with Crippen molar-refractivity contribution in [3.63, 3.8) is 0 Å². The molecule has 0 spiro atoms. The summed E-state index contributed by atoms with van der Waals surface area (Å²) in [6, 6.07) is 8.05. The van der Waals surface area contributed by atoms with Crippen LogP contribution >= 0.6 is 0 Å². The van der Waals surface area contributed by atoms with Crippen LogP contribution in [0.25, 0.3) is 6.08 Å². The Hall–Kier alpha value is -4.21. The van der Waals surface area contributed by atoms with Gasteiger partial charge in [0.15, 0.2) is 0 Å². The second-order valence-corrected chi connectivity index (χ2v) is 4.36. The molecule has 0 unspecified atom stereocenters. The molecule has 0 aromatic heterocycles. The fourth-order valence-electron chi connectivity index (χ4n) is 1.33. The van der Waals surface area contributed by atoms with Gasteiger partial charge in [-0.3, -0.25) is 5.43 Å². The maximum absolute atomic E-state index is 9.55. The summed E-state index contributed by atoms with van der Waals surface area (Å²) in [6.07, 6.45) is 7.91. The van der Waals surface area contributed by atoms with Gasteiger partial charge in [0.1, 0.15) is 0 Å². The number of anilines is 1. The number of benzene rings is 1. The molecule has 0 saturated carbocycles. The molecule has 1 heterocycles. The van der Waals surface area contributed by atoms with E-state index in [0.717, 1.165) is 5.69 Å². The predicted octanol–water partition coefficient (Wildman–Crippen LogP) is 1.53. The first-order valence-electron chi connectivity index (χ1n) is 7.05. The number of hydrazone groups is 1. The third-order valence-corrected chi connectivity index (χ3v) is 2.32. The number of carboxylic acids is 4. The number of hydrogen-bond acceptors (Lipinski definition) is 6. The quantitative estimate of drug-likeness (QED) is 0.488. The summed E-state index contributed by atoms with van der Waals surface area (Å²) in [5.41, 5.74) is 5.16. The van der Waals surface area contributed by atoms with Gasteiger partial charge in [0.05, 0.1) is 5.69 Å². The van der Waals surface area contributed by atoms with Gasteiger partial charge in [0.2, 0.25) is 0 Å². The van der Waals surface area contributed by atoms with Crippen molar-refractivity contribution in [3.05, 3.63) is 60.2 Å². The lowest BCUT2D eigenvalue weighted by molar-refractivity contribution is -0.134. The molecular weight excluding hydrogens is 360 g/mol. The normalized spacial score (nSPS) is 11.1. The number of carbonyl (C=O) groups is 4. The highest BCUT2D eigenvalue weighted by atomic mass is 16.4. The molecule has 0 saturated heterocycles. The smallest absolute Gasteiger partial charge is 0.328 e. The van der Waals surface area contributed by atoms with Crippen molar-refractivity contribution in [2.75, 3.05) is 5.43 Å². The molecule has 10 heteroatoms. The maximum atomic E-state index is 9.55. The number of hydrogen-bond donors (Lipinski definition) is 5. The summed E-state index contributed by atoms with van der Waals surface area (Å²) in [5, 5.41) is 35.2. The zero-order chi connectivity index (χ0) is 20.7. The van der Waals surface area contributed by atoms with Crippen molar-refractivity contribution in [2.45, 2.75) is 0 Å². The first kappa shape index (κ1) is 22.8. The molecule has 2 rings (SSSR count). The van der Waals surface area contributed by atoms with Crippen molar-refractivity contribution >= 4 is 41.9 Å². The molecule has 0 amide bonds. The number of allylic oxidation sites excluding steroid dienone is 1. The Morgan fingerprint density at radius 3 is 1.67 bits per heavy atom. The Morgan fingerprint density at radius 1 is 0.778 bits per heavy atom. The van der Waals surface area contributed by atoms with Gasteiger partial charge < -0.3 is 20.4 Å². The van der Waals surface area contributed by atoms with Gasteiger partial charge in [-0.15, -0.1) is 0 Å². The number of carboxylic acid groups (broad SMARTS) is 4. The van der Waals surface area contributed by atoms with Crippen LogP contribution in [0.2, 0.25) is 0 Å². The van der Waals surface area contributed by atoms with E-state index in [-0.39, 0.29) is 0 Å². The van der Waals surface area contributed by atoms with E-state index in [0.29, 0.717) is 24.3 Å². The Bertz CT molecular complexity index is 728. The summed E-state index contributed by atoms with van der Waals surface area (Å²) in [6.45, 7) is 0. The van der Waals surface area contributed by atoms with Gasteiger partial charge in [0.25, 0.3) is 0 Å². The largest absolute Gasteiger partial charge is 0.478 e. The Kier molecular flexibility index (Phi) is 11.1. The van der Waals surface area contributed by atoms with Crippen LogP contribution in [0.15, 0.2) is 59.7 Å². The van der Waals surface area contributed by atoms with Gasteiger partial charge in [0, 0.05) is 30.5 Å². The van der Waals surface area contributed by atoms with E-state index in [4.69, 9.17) is 20.4 Å². The average Bonchev–Trinajstić information content (AvgIpc) is 2.85. The fourth-order valence-corrected chi connectivity index (χ4v) is 1.33. The second-order valence-electron chi connectivity index (χ2n) is 4.36. The molecule has 0 bridgehead atoms. The zero-order valence-electron chi connectivity index (χ0n) is 13.7. The molecule has 1 aliphatic heterocycles. The minimum absolute atomic E-state index is 0.558. The molecule has 27 heavy (non-hydrogen) atoms. The van der Waals surface area contributed by atoms with Crippen LogP contribution in [0, 0.1) is 0 Å². The number of nitrogens with one attached hydrogen (secondary N) is 1. The number of fused-ring (bicyclic) bond motifs is 1. The molecular formula is C17H16N2O8. The van der Waals surface area contributed by atoms with Crippen molar-refractivity contribution in [1.29, 1.82) is 0 Å². The first-order chi connectivity index (χ1) is 12.7.